The lowest BCUT2D eigenvalue weighted by Crippen LogP contribution is -2.32. The number of carbonyl (C=O) groups is 1. The summed E-state index contributed by atoms with van der Waals surface area (Å²) in [7, 11) is -3.59. The Morgan fingerprint density at radius 2 is 1.83 bits per heavy atom. The molecule has 0 spiro atoms. The summed E-state index contributed by atoms with van der Waals surface area (Å²) in [6.45, 7) is 3.69. The molecule has 1 amide bonds. The molecule has 0 radical (unpaired) electrons. The lowest BCUT2D eigenvalue weighted by molar-refractivity contribution is 0.0915. The molecule has 2 aromatic rings. The molecule has 0 aliphatic rings. The van der Waals surface area contributed by atoms with Gasteiger partial charge in [-0.2, -0.15) is 0 Å². The van der Waals surface area contributed by atoms with Gasteiger partial charge in [0, 0.05) is 16.8 Å². The molecule has 1 N–H and O–H groups in total. The molecule has 23 heavy (non-hydrogen) atoms. The van der Waals surface area contributed by atoms with Gasteiger partial charge in [-0.05, 0) is 30.2 Å². The van der Waals surface area contributed by atoms with Crippen molar-refractivity contribution in [3.8, 4) is 0 Å². The highest BCUT2D eigenvalue weighted by molar-refractivity contribution is 7.90. The van der Waals surface area contributed by atoms with Gasteiger partial charge in [0.2, 0.25) is 15.7 Å². The monoisotopic (exact) mass is 357 g/mol. The van der Waals surface area contributed by atoms with Crippen molar-refractivity contribution in [3.05, 3.63) is 40.7 Å². The minimum absolute atomic E-state index is 0.0442. The summed E-state index contributed by atoms with van der Waals surface area (Å²) in [5.74, 6) is -0.388. The van der Waals surface area contributed by atoms with Crippen LogP contribution in [0.2, 0.25) is 5.02 Å². The summed E-state index contributed by atoms with van der Waals surface area (Å²) >= 11 is 5.79. The van der Waals surface area contributed by atoms with E-state index in [9.17, 15) is 13.2 Å². The Morgan fingerprint density at radius 1 is 1.22 bits per heavy atom. The molecule has 0 bridgehead atoms. The van der Waals surface area contributed by atoms with Crippen molar-refractivity contribution in [1.82, 2.24) is 15.5 Å². The van der Waals surface area contributed by atoms with Crippen molar-refractivity contribution in [3.63, 3.8) is 0 Å². The Hall–Kier alpha value is -1.93. The van der Waals surface area contributed by atoms with E-state index in [1.54, 1.807) is 24.3 Å². The minimum atomic E-state index is -3.59. The van der Waals surface area contributed by atoms with Crippen molar-refractivity contribution in [2.24, 2.45) is 5.92 Å². The zero-order chi connectivity index (χ0) is 17.2. The third kappa shape index (κ3) is 4.29. The highest BCUT2D eigenvalue weighted by Crippen LogP contribution is 2.22. The summed E-state index contributed by atoms with van der Waals surface area (Å²) in [6, 6.07) is 5.78. The number of halogens is 1. The maximum absolute atomic E-state index is 12.3. The first-order chi connectivity index (χ1) is 10.7. The Bertz CT molecular complexity index is 800. The second-order valence-electron chi connectivity index (χ2n) is 5.38. The van der Waals surface area contributed by atoms with Gasteiger partial charge in [-0.1, -0.05) is 30.5 Å². The predicted octanol–water partition coefficient (Wildman–Crippen LogP) is 2.25. The van der Waals surface area contributed by atoms with E-state index in [1.807, 2.05) is 13.8 Å². The lowest BCUT2D eigenvalue weighted by atomic mass is 10.0. The maximum atomic E-state index is 12.3. The van der Waals surface area contributed by atoms with Gasteiger partial charge in [-0.25, -0.2) is 8.42 Å². The minimum Gasteiger partial charge on any atom is -0.410 e. The summed E-state index contributed by atoms with van der Waals surface area (Å²) in [5, 5.41) is 10.1. The van der Waals surface area contributed by atoms with Crippen molar-refractivity contribution >= 4 is 27.3 Å². The largest absolute Gasteiger partial charge is 0.410 e. The molecule has 124 valence electrons. The van der Waals surface area contributed by atoms with E-state index in [0.717, 1.165) is 6.26 Å². The van der Waals surface area contributed by atoms with Crippen LogP contribution in [0.15, 0.2) is 33.9 Å². The number of hydrogen-bond donors (Lipinski definition) is 1. The SMILES string of the molecule is CC(C)[C@H](NC(=O)c1ccc(Cl)cc1)c1nnc(S(C)(=O)=O)o1. The Balaban J connectivity index is 2.24. The summed E-state index contributed by atoms with van der Waals surface area (Å²) in [4.78, 5) is 12.3. The smallest absolute Gasteiger partial charge is 0.335 e. The normalized spacial score (nSPS) is 13.1. The van der Waals surface area contributed by atoms with Crippen LogP contribution in [-0.4, -0.2) is 30.8 Å². The number of aromatic nitrogens is 2. The fourth-order valence-corrected chi connectivity index (χ4v) is 2.39. The Labute approximate surface area is 139 Å². The van der Waals surface area contributed by atoms with Crippen molar-refractivity contribution in [2.45, 2.75) is 25.1 Å². The van der Waals surface area contributed by atoms with E-state index in [0.29, 0.717) is 10.6 Å². The fourth-order valence-electron chi connectivity index (χ4n) is 1.84. The first-order valence-electron chi connectivity index (χ1n) is 6.78. The quantitative estimate of drug-likeness (QED) is 0.880. The van der Waals surface area contributed by atoms with Crippen LogP contribution in [0.4, 0.5) is 0 Å². The number of amides is 1. The lowest BCUT2D eigenvalue weighted by Gasteiger charge is -2.18. The first-order valence-corrected chi connectivity index (χ1v) is 9.05. The van der Waals surface area contributed by atoms with E-state index >= 15 is 0 Å². The molecule has 0 saturated carbocycles. The van der Waals surface area contributed by atoms with Crippen LogP contribution in [-0.2, 0) is 9.84 Å². The standard InChI is InChI=1S/C14H16ClN3O4S/c1-8(2)11(13-17-18-14(22-13)23(3,20)21)16-12(19)9-4-6-10(15)7-5-9/h4-8,11H,1-3H3,(H,16,19)/t11-/m0/s1. The van der Waals surface area contributed by atoms with E-state index in [1.165, 1.54) is 0 Å². The van der Waals surface area contributed by atoms with Gasteiger partial charge < -0.3 is 9.73 Å². The zero-order valence-corrected chi connectivity index (χ0v) is 14.4. The Kier molecular flexibility index (Phi) is 5.06. The van der Waals surface area contributed by atoms with E-state index in [-0.39, 0.29) is 17.7 Å². The van der Waals surface area contributed by atoms with Crippen LogP contribution in [0.3, 0.4) is 0 Å². The first kappa shape index (κ1) is 17.4. The third-order valence-electron chi connectivity index (χ3n) is 3.07. The molecule has 1 aromatic heterocycles. The van der Waals surface area contributed by atoms with Crippen LogP contribution in [0.25, 0.3) is 0 Å². The molecule has 1 aromatic carbocycles. The molecule has 0 fully saturated rings. The molecular weight excluding hydrogens is 342 g/mol. The van der Waals surface area contributed by atoms with Crippen LogP contribution in [0.1, 0.15) is 36.1 Å². The molecule has 7 nitrogen and oxygen atoms in total. The van der Waals surface area contributed by atoms with Crippen LogP contribution < -0.4 is 5.32 Å². The molecule has 0 aliphatic carbocycles. The number of benzene rings is 1. The van der Waals surface area contributed by atoms with E-state index < -0.39 is 21.1 Å². The fraction of sp³-hybridized carbons (Fsp3) is 0.357. The predicted molar refractivity (Wildman–Crippen MR) is 83.9 cm³/mol. The van der Waals surface area contributed by atoms with E-state index in [2.05, 4.69) is 15.5 Å². The molecule has 9 heteroatoms. The second kappa shape index (κ2) is 6.67. The molecule has 1 atom stereocenters. The number of hydrogen-bond acceptors (Lipinski definition) is 6. The van der Waals surface area contributed by atoms with Gasteiger partial charge in [-0.15, -0.1) is 5.10 Å². The van der Waals surface area contributed by atoms with Crippen LogP contribution in [0.5, 0.6) is 0 Å². The highest BCUT2D eigenvalue weighted by Gasteiger charge is 2.27. The van der Waals surface area contributed by atoms with Crippen molar-refractivity contribution in [1.29, 1.82) is 0 Å². The molecule has 0 aliphatic heterocycles. The molecular formula is C14H16ClN3O4S. The summed E-state index contributed by atoms with van der Waals surface area (Å²) in [5.41, 5.74) is 0.419. The Morgan fingerprint density at radius 3 is 2.30 bits per heavy atom. The van der Waals surface area contributed by atoms with Gasteiger partial charge in [0.15, 0.2) is 0 Å². The summed E-state index contributed by atoms with van der Waals surface area (Å²) in [6.07, 6.45) is 0.973. The number of nitrogens with zero attached hydrogens (tertiary/aromatic N) is 2. The molecule has 2 rings (SSSR count). The summed E-state index contributed by atoms with van der Waals surface area (Å²) < 4.78 is 28.0. The van der Waals surface area contributed by atoms with E-state index in [4.69, 9.17) is 16.0 Å². The number of rotatable bonds is 5. The van der Waals surface area contributed by atoms with Gasteiger partial charge in [-0.3, -0.25) is 4.79 Å². The zero-order valence-electron chi connectivity index (χ0n) is 12.8. The van der Waals surface area contributed by atoms with Crippen LogP contribution in [0, 0.1) is 5.92 Å². The van der Waals surface area contributed by atoms with Crippen LogP contribution >= 0.6 is 11.6 Å². The van der Waals surface area contributed by atoms with Crippen molar-refractivity contribution < 1.29 is 17.6 Å². The van der Waals surface area contributed by atoms with Gasteiger partial charge in [0.1, 0.15) is 6.04 Å². The molecule has 0 unspecified atom stereocenters. The van der Waals surface area contributed by atoms with Gasteiger partial charge in [0.05, 0.1) is 0 Å². The molecule has 1 heterocycles. The van der Waals surface area contributed by atoms with Gasteiger partial charge in [0.25, 0.3) is 5.91 Å². The maximum Gasteiger partial charge on any atom is 0.335 e. The average molecular weight is 358 g/mol. The third-order valence-corrected chi connectivity index (χ3v) is 4.12. The highest BCUT2D eigenvalue weighted by atomic mass is 35.5. The number of carbonyl (C=O) groups excluding carboxylic acids is 1. The second-order valence-corrected chi connectivity index (χ2v) is 7.71. The molecule has 0 saturated heterocycles. The number of sulfone groups is 1. The average Bonchev–Trinajstić information content (AvgIpc) is 2.94. The van der Waals surface area contributed by atoms with Gasteiger partial charge >= 0.3 is 5.22 Å². The number of nitrogens with one attached hydrogen (secondary N) is 1. The van der Waals surface area contributed by atoms with Crippen molar-refractivity contribution in [2.75, 3.05) is 6.26 Å². The topological polar surface area (TPSA) is 102 Å².